The van der Waals surface area contributed by atoms with Gasteiger partial charge in [0.15, 0.2) is 0 Å². The van der Waals surface area contributed by atoms with Gasteiger partial charge in [0, 0.05) is 51.1 Å². The summed E-state index contributed by atoms with van der Waals surface area (Å²) < 4.78 is 11.0. The fourth-order valence-electron chi connectivity index (χ4n) is 7.14. The Morgan fingerprint density at radius 2 is 1.12 bits per heavy atom. The SMILES string of the molecule is c1ccc(-c2nc3c4cc(Oc5cccc(-n6c7ccccc7c7cccnc76)c5)ccc4c4cccnc4n3c2-c2ccccc2)cc1. The number of imidazole rings is 1. The number of para-hydroxylation sites is 1. The maximum Gasteiger partial charge on any atom is 0.147 e. The molecular formula is C43H27N5O. The van der Waals surface area contributed by atoms with Crippen LogP contribution in [0.25, 0.3) is 77.6 Å². The van der Waals surface area contributed by atoms with Crippen molar-refractivity contribution in [2.75, 3.05) is 0 Å². The molecule has 0 spiro atoms. The van der Waals surface area contributed by atoms with Crippen molar-refractivity contribution in [2.45, 2.75) is 0 Å². The highest BCUT2D eigenvalue weighted by atomic mass is 16.5. The Labute approximate surface area is 281 Å². The summed E-state index contributed by atoms with van der Waals surface area (Å²) in [6.45, 7) is 0. The van der Waals surface area contributed by atoms with Gasteiger partial charge in [-0.05, 0) is 66.0 Å². The van der Waals surface area contributed by atoms with Gasteiger partial charge in [0.2, 0.25) is 0 Å². The first-order valence-corrected chi connectivity index (χ1v) is 16.3. The Morgan fingerprint density at radius 3 is 1.94 bits per heavy atom. The van der Waals surface area contributed by atoms with E-state index < -0.39 is 0 Å². The van der Waals surface area contributed by atoms with Crippen LogP contribution >= 0.6 is 0 Å². The number of hydrogen-bond acceptors (Lipinski definition) is 4. The Bertz CT molecular complexity index is 2800. The number of fused-ring (bicyclic) bond motifs is 9. The number of ether oxygens (including phenoxy) is 1. The highest BCUT2D eigenvalue weighted by Gasteiger charge is 2.22. The standard InChI is InChI=1S/C43H27N5O/c1-3-12-28(13-4-1)39-40(29-14-5-2-6-15-29)48-42-35(19-10-25-45-42)33-23-22-32(27-37(33)43(48)46-39)49-31-17-9-16-30(26-31)47-38-21-8-7-18-34(38)36-20-11-24-44-41(36)47/h1-27H. The van der Waals surface area contributed by atoms with Crippen molar-refractivity contribution >= 4 is 49.4 Å². The fraction of sp³-hybridized carbons (Fsp3) is 0. The molecule has 49 heavy (non-hydrogen) atoms. The number of rotatable bonds is 5. The molecule has 5 heterocycles. The van der Waals surface area contributed by atoms with Crippen molar-refractivity contribution in [3.05, 3.63) is 164 Å². The summed E-state index contributed by atoms with van der Waals surface area (Å²) in [5.41, 5.74) is 8.72. The van der Waals surface area contributed by atoms with Crippen molar-refractivity contribution in [2.24, 2.45) is 0 Å². The highest BCUT2D eigenvalue weighted by Crippen LogP contribution is 2.40. The number of nitrogens with zero attached hydrogens (tertiary/aromatic N) is 5. The lowest BCUT2D eigenvalue weighted by Crippen LogP contribution is -1.97. The number of aromatic nitrogens is 5. The van der Waals surface area contributed by atoms with Gasteiger partial charge in [0.1, 0.15) is 28.4 Å². The summed E-state index contributed by atoms with van der Waals surface area (Å²) in [6, 6.07) is 51.9. The van der Waals surface area contributed by atoms with Crippen LogP contribution in [0.2, 0.25) is 0 Å². The van der Waals surface area contributed by atoms with Crippen LogP contribution in [0.3, 0.4) is 0 Å². The van der Waals surface area contributed by atoms with E-state index in [4.69, 9.17) is 19.7 Å². The van der Waals surface area contributed by atoms with Gasteiger partial charge in [-0.25, -0.2) is 15.0 Å². The van der Waals surface area contributed by atoms with Gasteiger partial charge in [-0.2, -0.15) is 0 Å². The van der Waals surface area contributed by atoms with Crippen molar-refractivity contribution in [1.82, 2.24) is 23.9 Å². The van der Waals surface area contributed by atoms with Gasteiger partial charge in [-0.1, -0.05) is 84.9 Å². The van der Waals surface area contributed by atoms with Gasteiger partial charge >= 0.3 is 0 Å². The second kappa shape index (κ2) is 10.9. The molecule has 0 amide bonds. The predicted molar refractivity (Wildman–Crippen MR) is 198 cm³/mol. The van der Waals surface area contributed by atoms with E-state index in [9.17, 15) is 0 Å². The van der Waals surface area contributed by atoms with Crippen LogP contribution in [0.1, 0.15) is 0 Å². The van der Waals surface area contributed by atoms with E-state index in [2.05, 4.69) is 118 Å². The largest absolute Gasteiger partial charge is 0.457 e. The van der Waals surface area contributed by atoms with E-state index in [1.165, 1.54) is 5.39 Å². The van der Waals surface area contributed by atoms with Crippen LogP contribution < -0.4 is 4.74 Å². The summed E-state index contributed by atoms with van der Waals surface area (Å²) in [7, 11) is 0. The van der Waals surface area contributed by atoms with E-state index >= 15 is 0 Å². The molecule has 0 atom stereocenters. The predicted octanol–water partition coefficient (Wildman–Crippen LogP) is 10.7. The minimum absolute atomic E-state index is 0.723. The maximum atomic E-state index is 6.63. The Hall–Kier alpha value is -6.79. The molecule has 0 saturated heterocycles. The molecule has 0 aliphatic rings. The second-order valence-corrected chi connectivity index (χ2v) is 12.1. The number of pyridine rings is 3. The van der Waals surface area contributed by atoms with Crippen LogP contribution in [0.15, 0.2) is 164 Å². The fourth-order valence-corrected chi connectivity index (χ4v) is 7.14. The van der Waals surface area contributed by atoms with E-state index in [-0.39, 0.29) is 0 Å². The molecule has 0 fully saturated rings. The van der Waals surface area contributed by atoms with Gasteiger partial charge < -0.3 is 4.74 Å². The molecule has 6 heteroatoms. The molecule has 6 nitrogen and oxygen atoms in total. The first kappa shape index (κ1) is 27.3. The van der Waals surface area contributed by atoms with Crippen molar-refractivity contribution in [3.63, 3.8) is 0 Å². The zero-order chi connectivity index (χ0) is 32.3. The molecule has 5 aromatic heterocycles. The van der Waals surface area contributed by atoms with E-state index in [1.807, 2.05) is 54.9 Å². The van der Waals surface area contributed by atoms with E-state index in [1.54, 1.807) is 0 Å². The Morgan fingerprint density at radius 1 is 0.449 bits per heavy atom. The lowest BCUT2D eigenvalue weighted by molar-refractivity contribution is 0.483. The average Bonchev–Trinajstić information content (AvgIpc) is 3.73. The smallest absolute Gasteiger partial charge is 0.147 e. The van der Waals surface area contributed by atoms with Gasteiger partial charge in [-0.3, -0.25) is 8.97 Å². The molecule has 0 N–H and O–H groups in total. The third-order valence-corrected chi connectivity index (χ3v) is 9.24. The third kappa shape index (κ3) is 4.31. The molecule has 0 radical (unpaired) electrons. The molecule has 0 saturated carbocycles. The molecule has 0 aliphatic heterocycles. The van der Waals surface area contributed by atoms with Crippen LogP contribution in [-0.4, -0.2) is 23.9 Å². The number of benzene rings is 5. The summed E-state index contributed by atoms with van der Waals surface area (Å²) in [5.74, 6) is 1.45. The lowest BCUT2D eigenvalue weighted by Gasteiger charge is -2.13. The van der Waals surface area contributed by atoms with Crippen molar-refractivity contribution in [3.8, 4) is 39.7 Å². The van der Waals surface area contributed by atoms with Crippen LogP contribution in [-0.2, 0) is 0 Å². The summed E-state index contributed by atoms with van der Waals surface area (Å²) in [6.07, 6.45) is 3.69. The monoisotopic (exact) mass is 629 g/mol. The summed E-state index contributed by atoms with van der Waals surface area (Å²) in [4.78, 5) is 15.0. The van der Waals surface area contributed by atoms with Crippen LogP contribution in [0, 0.1) is 0 Å². The zero-order valence-electron chi connectivity index (χ0n) is 26.2. The molecule has 10 aromatic rings. The average molecular weight is 630 g/mol. The third-order valence-electron chi connectivity index (χ3n) is 9.24. The van der Waals surface area contributed by atoms with Gasteiger partial charge in [0.05, 0.1) is 22.6 Å². The Kier molecular flexibility index (Phi) is 6.08. The summed E-state index contributed by atoms with van der Waals surface area (Å²) >= 11 is 0. The zero-order valence-corrected chi connectivity index (χ0v) is 26.2. The molecule has 0 unspecified atom stereocenters. The minimum atomic E-state index is 0.723. The first-order valence-electron chi connectivity index (χ1n) is 16.3. The molecule has 0 bridgehead atoms. The quantitative estimate of drug-likeness (QED) is 0.178. The maximum absolute atomic E-state index is 6.63. The van der Waals surface area contributed by atoms with Crippen molar-refractivity contribution in [1.29, 1.82) is 0 Å². The topological polar surface area (TPSA) is 57.2 Å². The Balaban J connectivity index is 1.17. The summed E-state index contributed by atoms with van der Waals surface area (Å²) in [5, 5.41) is 5.39. The van der Waals surface area contributed by atoms with E-state index in [0.717, 1.165) is 83.7 Å². The van der Waals surface area contributed by atoms with Gasteiger partial charge in [0.25, 0.3) is 0 Å². The van der Waals surface area contributed by atoms with Crippen molar-refractivity contribution < 1.29 is 4.74 Å². The molecule has 5 aromatic carbocycles. The lowest BCUT2D eigenvalue weighted by atomic mass is 10.0. The minimum Gasteiger partial charge on any atom is -0.457 e. The second-order valence-electron chi connectivity index (χ2n) is 12.1. The molecule has 10 rings (SSSR count). The normalized spacial score (nSPS) is 11.7. The molecule has 0 aliphatic carbocycles. The molecular weight excluding hydrogens is 603 g/mol. The first-order chi connectivity index (χ1) is 24.3. The number of hydrogen-bond donors (Lipinski definition) is 0. The van der Waals surface area contributed by atoms with Crippen LogP contribution in [0.4, 0.5) is 0 Å². The van der Waals surface area contributed by atoms with E-state index in [0.29, 0.717) is 0 Å². The highest BCUT2D eigenvalue weighted by molar-refractivity contribution is 6.13. The molecule has 230 valence electrons. The van der Waals surface area contributed by atoms with Crippen LogP contribution in [0.5, 0.6) is 11.5 Å². The van der Waals surface area contributed by atoms with Gasteiger partial charge in [-0.15, -0.1) is 0 Å².